The number of hydrogen-bond donors (Lipinski definition) is 0. The molecule has 0 aliphatic carbocycles. The van der Waals surface area contributed by atoms with Crippen LogP contribution in [0.5, 0.6) is 11.5 Å². The summed E-state index contributed by atoms with van der Waals surface area (Å²) >= 11 is 0. The smallest absolute Gasteiger partial charge is 0.257 e. The van der Waals surface area contributed by atoms with Gasteiger partial charge in [0.05, 0.1) is 25.3 Å². The van der Waals surface area contributed by atoms with Crippen molar-refractivity contribution in [1.82, 2.24) is 9.80 Å². The number of carbonyl (C=O) groups is 2. The predicted molar refractivity (Wildman–Crippen MR) is 107 cm³/mol. The van der Waals surface area contributed by atoms with E-state index in [-0.39, 0.29) is 42.0 Å². The van der Waals surface area contributed by atoms with Gasteiger partial charge in [-0.3, -0.25) is 9.59 Å². The maximum atomic E-state index is 14.5. The van der Waals surface area contributed by atoms with Crippen molar-refractivity contribution in [3.63, 3.8) is 0 Å². The first-order chi connectivity index (χ1) is 14.3. The van der Waals surface area contributed by atoms with Gasteiger partial charge in [0.2, 0.25) is 0 Å². The molecule has 0 saturated carbocycles. The Hall–Kier alpha value is -3.16. The van der Waals surface area contributed by atoms with Crippen molar-refractivity contribution in [3.05, 3.63) is 59.2 Å². The highest BCUT2D eigenvalue weighted by atomic mass is 19.1. The quantitative estimate of drug-likeness (QED) is 0.764. The van der Waals surface area contributed by atoms with Crippen molar-refractivity contribution in [2.24, 2.45) is 0 Å². The summed E-state index contributed by atoms with van der Waals surface area (Å²) < 4.78 is 38.8. The van der Waals surface area contributed by atoms with Crippen LogP contribution in [-0.2, 0) is 0 Å². The van der Waals surface area contributed by atoms with Crippen LogP contribution in [0, 0.1) is 11.6 Å². The van der Waals surface area contributed by atoms with Gasteiger partial charge in [0.15, 0.2) is 11.6 Å². The van der Waals surface area contributed by atoms with Gasteiger partial charge in [-0.1, -0.05) is 6.07 Å². The molecule has 0 radical (unpaired) electrons. The molecule has 30 heavy (non-hydrogen) atoms. The summed E-state index contributed by atoms with van der Waals surface area (Å²) in [4.78, 5) is 28.9. The van der Waals surface area contributed by atoms with Crippen LogP contribution < -0.4 is 9.47 Å². The molecule has 3 rings (SSSR count). The number of benzene rings is 2. The normalized spacial score (nSPS) is 18.9. The van der Waals surface area contributed by atoms with E-state index in [0.717, 1.165) is 6.07 Å². The second-order valence-electron chi connectivity index (χ2n) is 7.29. The number of amides is 2. The Labute approximate surface area is 174 Å². The molecule has 1 heterocycles. The van der Waals surface area contributed by atoms with Crippen LogP contribution in [0.25, 0.3) is 0 Å². The summed E-state index contributed by atoms with van der Waals surface area (Å²) in [5.74, 6) is -2.02. The van der Waals surface area contributed by atoms with Crippen LogP contribution in [0.15, 0.2) is 36.4 Å². The molecule has 2 amide bonds. The number of ether oxygens (including phenoxy) is 2. The molecule has 0 unspecified atom stereocenters. The van der Waals surface area contributed by atoms with Crippen LogP contribution in [0.2, 0.25) is 0 Å². The summed E-state index contributed by atoms with van der Waals surface area (Å²) in [6, 6.07) is 7.69. The number of carbonyl (C=O) groups excluding carboxylic acids is 2. The average molecular weight is 418 g/mol. The number of rotatable bonds is 4. The zero-order valence-corrected chi connectivity index (χ0v) is 17.3. The van der Waals surface area contributed by atoms with Gasteiger partial charge in [0.1, 0.15) is 11.6 Å². The number of piperazine rings is 1. The SMILES string of the molecule is COc1ccc(C(=O)N2[C@H](C)CN(C(=O)c3cccc(OC)c3F)C[C@H]2C)c(F)c1. The van der Waals surface area contributed by atoms with E-state index in [9.17, 15) is 18.4 Å². The van der Waals surface area contributed by atoms with Gasteiger partial charge in [0, 0.05) is 31.2 Å². The van der Waals surface area contributed by atoms with Gasteiger partial charge in [0.25, 0.3) is 11.8 Å². The summed E-state index contributed by atoms with van der Waals surface area (Å²) in [7, 11) is 2.75. The maximum Gasteiger partial charge on any atom is 0.257 e. The van der Waals surface area contributed by atoms with Crippen molar-refractivity contribution in [2.75, 3.05) is 27.3 Å². The number of nitrogens with zero attached hydrogens (tertiary/aromatic N) is 2. The lowest BCUT2D eigenvalue weighted by Gasteiger charge is -2.44. The Morgan fingerprint density at radius 3 is 2.17 bits per heavy atom. The van der Waals surface area contributed by atoms with E-state index < -0.39 is 23.4 Å². The lowest BCUT2D eigenvalue weighted by Crippen LogP contribution is -2.60. The van der Waals surface area contributed by atoms with Crippen molar-refractivity contribution >= 4 is 11.8 Å². The van der Waals surface area contributed by atoms with Gasteiger partial charge in [-0.25, -0.2) is 8.78 Å². The van der Waals surface area contributed by atoms with Gasteiger partial charge < -0.3 is 19.3 Å². The van der Waals surface area contributed by atoms with Crippen molar-refractivity contribution in [1.29, 1.82) is 0 Å². The average Bonchev–Trinajstić information content (AvgIpc) is 2.72. The minimum absolute atomic E-state index is 0.00857. The summed E-state index contributed by atoms with van der Waals surface area (Å²) in [5, 5.41) is 0. The number of hydrogen-bond acceptors (Lipinski definition) is 4. The van der Waals surface area contributed by atoms with E-state index in [0.29, 0.717) is 5.75 Å². The molecule has 1 saturated heterocycles. The third-order valence-electron chi connectivity index (χ3n) is 5.26. The topological polar surface area (TPSA) is 59.1 Å². The maximum absolute atomic E-state index is 14.5. The van der Waals surface area contributed by atoms with Crippen molar-refractivity contribution in [2.45, 2.75) is 25.9 Å². The standard InChI is InChI=1S/C22H24F2N2O4/c1-13-11-25(21(27)17-6-5-7-19(30-4)20(17)24)12-14(2)26(13)22(28)16-9-8-15(29-3)10-18(16)23/h5-10,13-14H,11-12H2,1-4H3/t13-,14-/m1/s1. The van der Waals surface area contributed by atoms with Gasteiger partial charge >= 0.3 is 0 Å². The fourth-order valence-electron chi connectivity index (χ4n) is 3.83. The second kappa shape index (κ2) is 8.69. The molecule has 2 aromatic carbocycles. The highest BCUT2D eigenvalue weighted by molar-refractivity contribution is 5.97. The lowest BCUT2D eigenvalue weighted by molar-refractivity contribution is 0.0249. The van der Waals surface area contributed by atoms with E-state index in [1.165, 1.54) is 43.4 Å². The second-order valence-corrected chi connectivity index (χ2v) is 7.29. The number of methoxy groups -OCH3 is 2. The van der Waals surface area contributed by atoms with Crippen LogP contribution in [0.1, 0.15) is 34.6 Å². The predicted octanol–water partition coefficient (Wildman–Crippen LogP) is 3.36. The van der Waals surface area contributed by atoms with E-state index in [2.05, 4.69) is 0 Å². The molecule has 8 heteroatoms. The molecule has 0 N–H and O–H groups in total. The van der Waals surface area contributed by atoms with Crippen LogP contribution in [-0.4, -0.2) is 61.0 Å². The first-order valence-electron chi connectivity index (χ1n) is 9.56. The molecule has 0 bridgehead atoms. The molecule has 2 aromatic rings. The summed E-state index contributed by atoms with van der Waals surface area (Å²) in [6.07, 6.45) is 0. The zero-order valence-electron chi connectivity index (χ0n) is 17.3. The monoisotopic (exact) mass is 418 g/mol. The Morgan fingerprint density at radius 2 is 1.60 bits per heavy atom. The van der Waals surface area contributed by atoms with Crippen molar-refractivity contribution in [3.8, 4) is 11.5 Å². The van der Waals surface area contributed by atoms with Gasteiger partial charge in [-0.15, -0.1) is 0 Å². The van der Waals surface area contributed by atoms with E-state index in [4.69, 9.17) is 9.47 Å². The Balaban J connectivity index is 1.80. The third-order valence-corrected chi connectivity index (χ3v) is 5.26. The molecule has 0 spiro atoms. The Morgan fingerprint density at radius 1 is 0.933 bits per heavy atom. The molecule has 0 aromatic heterocycles. The fraction of sp³-hybridized carbons (Fsp3) is 0.364. The largest absolute Gasteiger partial charge is 0.497 e. The molecule has 1 aliphatic heterocycles. The zero-order chi connectivity index (χ0) is 22.0. The van der Waals surface area contributed by atoms with Crippen LogP contribution in [0.4, 0.5) is 8.78 Å². The van der Waals surface area contributed by atoms with Crippen molar-refractivity contribution < 1.29 is 27.8 Å². The molecule has 160 valence electrons. The lowest BCUT2D eigenvalue weighted by atomic mass is 10.0. The molecule has 2 atom stereocenters. The highest BCUT2D eigenvalue weighted by Crippen LogP contribution is 2.26. The summed E-state index contributed by atoms with van der Waals surface area (Å²) in [5.41, 5.74) is -0.150. The van der Waals surface area contributed by atoms with Gasteiger partial charge in [-0.2, -0.15) is 0 Å². The number of halogens is 2. The third kappa shape index (κ3) is 3.94. The molecule has 1 fully saturated rings. The minimum atomic E-state index is -0.718. The first-order valence-corrected chi connectivity index (χ1v) is 9.56. The van der Waals surface area contributed by atoms with E-state index in [1.807, 2.05) is 0 Å². The van der Waals surface area contributed by atoms with Crippen LogP contribution >= 0.6 is 0 Å². The van der Waals surface area contributed by atoms with Crippen LogP contribution in [0.3, 0.4) is 0 Å². The Bertz CT molecular complexity index is 954. The van der Waals surface area contributed by atoms with E-state index >= 15 is 0 Å². The first kappa shape index (κ1) is 21.5. The summed E-state index contributed by atoms with van der Waals surface area (Å²) in [6.45, 7) is 3.95. The highest BCUT2D eigenvalue weighted by Gasteiger charge is 2.37. The minimum Gasteiger partial charge on any atom is -0.497 e. The molecular weight excluding hydrogens is 394 g/mol. The molecule has 6 nitrogen and oxygen atoms in total. The Kier molecular flexibility index (Phi) is 6.24. The molecular formula is C22H24F2N2O4. The fourth-order valence-corrected chi connectivity index (χ4v) is 3.83. The van der Waals surface area contributed by atoms with E-state index in [1.54, 1.807) is 24.8 Å². The molecule has 1 aliphatic rings. The van der Waals surface area contributed by atoms with Gasteiger partial charge in [-0.05, 0) is 38.1 Å².